The molecule has 0 amide bonds. The highest BCUT2D eigenvalue weighted by Crippen LogP contribution is 2.25. The zero-order valence-corrected chi connectivity index (χ0v) is 14.4. The van der Waals surface area contributed by atoms with Gasteiger partial charge in [-0.3, -0.25) is 4.98 Å². The first-order valence-electron chi connectivity index (χ1n) is 8.18. The lowest BCUT2D eigenvalue weighted by Gasteiger charge is -2.10. The summed E-state index contributed by atoms with van der Waals surface area (Å²) in [5.74, 6) is 0.733. The van der Waals surface area contributed by atoms with Crippen molar-refractivity contribution in [3.8, 4) is 11.5 Å². The largest absolute Gasteiger partial charge is 0.383 e. The van der Waals surface area contributed by atoms with Gasteiger partial charge in [0.1, 0.15) is 23.2 Å². The summed E-state index contributed by atoms with van der Waals surface area (Å²) in [4.78, 5) is 12.7. The molecule has 1 aliphatic rings. The van der Waals surface area contributed by atoms with Crippen LogP contribution in [0.1, 0.15) is 25.8 Å². The van der Waals surface area contributed by atoms with Crippen molar-refractivity contribution in [3.05, 3.63) is 65.7 Å². The average Bonchev–Trinajstić information content (AvgIpc) is 2.84. The summed E-state index contributed by atoms with van der Waals surface area (Å²) in [6, 6.07) is 5.42. The first kappa shape index (κ1) is 18.3. The topological polar surface area (TPSA) is 90.7 Å². The fraction of sp³-hybridized carbons (Fsp3) is 0.211. The molecule has 5 nitrogen and oxygen atoms in total. The zero-order chi connectivity index (χ0) is 18.2. The van der Waals surface area contributed by atoms with Crippen molar-refractivity contribution in [2.75, 3.05) is 11.5 Å². The Kier molecular flexibility index (Phi) is 6.39. The van der Waals surface area contributed by atoms with Gasteiger partial charge < -0.3 is 11.5 Å². The minimum absolute atomic E-state index is 0.201. The second-order valence-corrected chi connectivity index (χ2v) is 5.15. The third-order valence-corrected chi connectivity index (χ3v) is 3.45. The maximum Gasteiger partial charge on any atom is 0.182 e. The normalized spacial score (nSPS) is 13.2. The molecule has 2 heterocycles. The van der Waals surface area contributed by atoms with E-state index in [1.807, 2.05) is 32.1 Å². The Morgan fingerprint density at radius 3 is 2.48 bits per heavy atom. The molecule has 0 aliphatic heterocycles. The molecule has 0 radical (unpaired) electrons. The maximum absolute atomic E-state index is 13.6. The van der Waals surface area contributed by atoms with E-state index in [-0.39, 0.29) is 17.5 Å². The van der Waals surface area contributed by atoms with E-state index in [2.05, 4.69) is 15.0 Å². The van der Waals surface area contributed by atoms with Gasteiger partial charge in [-0.05, 0) is 23.8 Å². The van der Waals surface area contributed by atoms with Crippen LogP contribution < -0.4 is 11.5 Å². The quantitative estimate of drug-likeness (QED) is 0.881. The van der Waals surface area contributed by atoms with Crippen molar-refractivity contribution in [2.45, 2.75) is 26.7 Å². The van der Waals surface area contributed by atoms with Gasteiger partial charge in [0.2, 0.25) is 0 Å². The molecule has 3 rings (SSSR count). The molecule has 130 valence electrons. The molecule has 0 saturated carbocycles. The van der Waals surface area contributed by atoms with Gasteiger partial charge >= 0.3 is 0 Å². The number of hydrogen-bond acceptors (Lipinski definition) is 5. The lowest BCUT2D eigenvalue weighted by Crippen LogP contribution is -2.08. The number of rotatable bonds is 3. The molecule has 6 heteroatoms. The van der Waals surface area contributed by atoms with Crippen LogP contribution in [0.25, 0.3) is 11.5 Å². The Morgan fingerprint density at radius 2 is 1.84 bits per heavy atom. The summed E-state index contributed by atoms with van der Waals surface area (Å²) in [5.41, 5.74) is 14.0. The van der Waals surface area contributed by atoms with E-state index in [1.165, 1.54) is 6.08 Å². The molecular weight excluding hydrogens is 317 g/mol. The molecule has 0 saturated heterocycles. The number of aromatic nitrogens is 3. The van der Waals surface area contributed by atoms with Gasteiger partial charge in [0.25, 0.3) is 0 Å². The van der Waals surface area contributed by atoms with E-state index in [1.54, 1.807) is 24.4 Å². The summed E-state index contributed by atoms with van der Waals surface area (Å²) in [6.45, 7) is 4.00. The van der Waals surface area contributed by atoms with Crippen molar-refractivity contribution < 1.29 is 4.39 Å². The molecule has 0 fully saturated rings. The van der Waals surface area contributed by atoms with Crippen molar-refractivity contribution in [1.29, 1.82) is 0 Å². The molecule has 1 aliphatic carbocycles. The minimum Gasteiger partial charge on any atom is -0.383 e. The van der Waals surface area contributed by atoms with Crippen molar-refractivity contribution in [1.82, 2.24) is 15.0 Å². The van der Waals surface area contributed by atoms with E-state index in [4.69, 9.17) is 11.5 Å². The van der Waals surface area contributed by atoms with Gasteiger partial charge in [0, 0.05) is 24.6 Å². The van der Waals surface area contributed by atoms with Crippen LogP contribution in [-0.4, -0.2) is 15.0 Å². The fourth-order valence-corrected chi connectivity index (χ4v) is 2.30. The Balaban J connectivity index is 0.00000109. The van der Waals surface area contributed by atoms with Crippen molar-refractivity contribution in [2.24, 2.45) is 0 Å². The van der Waals surface area contributed by atoms with Crippen molar-refractivity contribution in [3.63, 3.8) is 0 Å². The Hall–Kier alpha value is -3.02. The molecular formula is C19H22FN5. The average molecular weight is 339 g/mol. The second kappa shape index (κ2) is 8.73. The smallest absolute Gasteiger partial charge is 0.182 e. The van der Waals surface area contributed by atoms with Crippen LogP contribution in [0, 0.1) is 0 Å². The molecule has 4 N–H and O–H groups in total. The Morgan fingerprint density at radius 1 is 1.12 bits per heavy atom. The maximum atomic E-state index is 13.6. The summed E-state index contributed by atoms with van der Waals surface area (Å²) in [5, 5.41) is 0. The van der Waals surface area contributed by atoms with Crippen LogP contribution >= 0.6 is 0 Å². The summed E-state index contributed by atoms with van der Waals surface area (Å²) in [6.07, 6.45) is 9.21. The number of anilines is 2. The molecule has 0 bridgehead atoms. The van der Waals surface area contributed by atoms with Crippen LogP contribution in [0.15, 0.2) is 60.1 Å². The number of nitrogens with two attached hydrogens (primary N) is 2. The molecule has 0 aromatic carbocycles. The van der Waals surface area contributed by atoms with Gasteiger partial charge in [0.15, 0.2) is 5.82 Å². The van der Waals surface area contributed by atoms with Crippen LogP contribution in [0.4, 0.5) is 16.0 Å². The SMILES string of the molecule is CC.Nc1nc(-c2ccccn2)nc(N)c1CC1=CC=CCC(F)=C1. The highest BCUT2D eigenvalue weighted by Gasteiger charge is 2.13. The monoisotopic (exact) mass is 339 g/mol. The third-order valence-electron chi connectivity index (χ3n) is 3.45. The van der Waals surface area contributed by atoms with Crippen LogP contribution in [0.3, 0.4) is 0 Å². The van der Waals surface area contributed by atoms with Crippen molar-refractivity contribution >= 4 is 11.6 Å². The second-order valence-electron chi connectivity index (χ2n) is 5.15. The van der Waals surface area contributed by atoms with Gasteiger partial charge in [-0.15, -0.1) is 0 Å². The van der Waals surface area contributed by atoms with Crippen LogP contribution in [-0.2, 0) is 6.42 Å². The summed E-state index contributed by atoms with van der Waals surface area (Å²) < 4.78 is 13.6. The number of hydrogen-bond donors (Lipinski definition) is 2. The van der Waals surface area contributed by atoms with E-state index in [0.29, 0.717) is 29.9 Å². The number of nitrogens with zero attached hydrogens (tertiary/aromatic N) is 3. The van der Waals surface area contributed by atoms with Crippen LogP contribution in [0.5, 0.6) is 0 Å². The lowest BCUT2D eigenvalue weighted by molar-refractivity contribution is 0.617. The molecule has 2 aromatic heterocycles. The molecule has 0 atom stereocenters. The van der Waals surface area contributed by atoms with E-state index < -0.39 is 0 Å². The van der Waals surface area contributed by atoms with Gasteiger partial charge in [-0.1, -0.05) is 38.1 Å². The van der Waals surface area contributed by atoms with Gasteiger partial charge in [-0.25, -0.2) is 14.4 Å². The standard InChI is InChI=1S/C17H16FN5.C2H6/c18-12-6-2-1-5-11(9-12)10-13-15(19)22-17(23-16(13)20)14-7-3-4-8-21-14;1-2/h1-5,7-9H,6,10H2,(H4,19,20,22,23);1-2H3. The molecule has 2 aromatic rings. The predicted octanol–water partition coefficient (Wildman–Crippen LogP) is 4.01. The first-order valence-corrected chi connectivity index (χ1v) is 8.18. The summed E-state index contributed by atoms with van der Waals surface area (Å²) in [7, 11) is 0. The number of pyridine rings is 1. The number of nitrogen functional groups attached to an aromatic ring is 2. The van der Waals surface area contributed by atoms with E-state index in [0.717, 1.165) is 5.57 Å². The minimum atomic E-state index is -0.201. The third kappa shape index (κ3) is 4.73. The Labute approximate surface area is 147 Å². The molecule has 25 heavy (non-hydrogen) atoms. The highest BCUT2D eigenvalue weighted by atomic mass is 19.1. The van der Waals surface area contributed by atoms with Crippen LogP contribution in [0.2, 0.25) is 0 Å². The van der Waals surface area contributed by atoms with Gasteiger partial charge in [0.05, 0.1) is 0 Å². The highest BCUT2D eigenvalue weighted by molar-refractivity contribution is 5.62. The van der Waals surface area contributed by atoms with E-state index >= 15 is 0 Å². The predicted molar refractivity (Wildman–Crippen MR) is 100 cm³/mol. The number of halogens is 1. The first-order chi connectivity index (χ1) is 12.1. The lowest BCUT2D eigenvalue weighted by atomic mass is 10.1. The summed E-state index contributed by atoms with van der Waals surface area (Å²) >= 11 is 0. The fourth-order valence-electron chi connectivity index (χ4n) is 2.30. The molecule has 0 spiro atoms. The number of allylic oxidation sites excluding steroid dienone is 6. The molecule has 0 unspecified atom stereocenters. The van der Waals surface area contributed by atoms with Gasteiger partial charge in [-0.2, -0.15) is 0 Å². The zero-order valence-electron chi connectivity index (χ0n) is 14.4. The Bertz CT molecular complexity index is 787. The van der Waals surface area contributed by atoms with E-state index in [9.17, 15) is 4.39 Å².